The Morgan fingerprint density at radius 2 is 2.19 bits per heavy atom. The fourth-order valence-electron chi connectivity index (χ4n) is 2.28. The van der Waals surface area contributed by atoms with Gasteiger partial charge in [0.1, 0.15) is 0 Å². The van der Waals surface area contributed by atoms with Gasteiger partial charge in [-0.25, -0.2) is 0 Å². The third kappa shape index (κ3) is 2.31. The molecule has 0 aromatic heterocycles. The molecule has 16 heavy (non-hydrogen) atoms. The maximum absolute atomic E-state index is 10.7. The van der Waals surface area contributed by atoms with E-state index in [2.05, 4.69) is 15.9 Å². The predicted octanol–water partition coefficient (Wildman–Crippen LogP) is 3.08. The third-order valence-electron chi connectivity index (χ3n) is 3.37. The van der Waals surface area contributed by atoms with Gasteiger partial charge in [-0.3, -0.25) is 0 Å². The van der Waals surface area contributed by atoms with Gasteiger partial charge in [0.2, 0.25) is 0 Å². The van der Waals surface area contributed by atoms with E-state index in [1.165, 1.54) is 0 Å². The van der Waals surface area contributed by atoms with E-state index in [0.717, 1.165) is 29.5 Å². The Kier molecular flexibility index (Phi) is 3.67. The summed E-state index contributed by atoms with van der Waals surface area (Å²) in [4.78, 5) is 0. The van der Waals surface area contributed by atoms with Crippen LogP contribution in [0.3, 0.4) is 0 Å². The van der Waals surface area contributed by atoms with Crippen LogP contribution in [0.2, 0.25) is 0 Å². The van der Waals surface area contributed by atoms with Crippen LogP contribution in [0, 0.1) is 5.92 Å². The Morgan fingerprint density at radius 1 is 1.44 bits per heavy atom. The number of rotatable bonds is 2. The molecule has 1 aliphatic heterocycles. The lowest BCUT2D eigenvalue weighted by Crippen LogP contribution is -2.37. The molecule has 1 aromatic carbocycles. The van der Waals surface area contributed by atoms with Crippen LogP contribution in [-0.4, -0.2) is 18.3 Å². The Bertz CT molecular complexity index is 357. The van der Waals surface area contributed by atoms with Gasteiger partial charge in [0.15, 0.2) is 0 Å². The van der Waals surface area contributed by atoms with E-state index in [4.69, 9.17) is 4.74 Å². The second-order valence-electron chi connectivity index (χ2n) is 4.54. The van der Waals surface area contributed by atoms with Gasteiger partial charge < -0.3 is 9.84 Å². The summed E-state index contributed by atoms with van der Waals surface area (Å²) in [5.74, 6) is 0.181. The average Bonchev–Trinajstić information content (AvgIpc) is 2.30. The van der Waals surface area contributed by atoms with Crippen molar-refractivity contribution in [3.05, 3.63) is 34.3 Å². The highest BCUT2D eigenvalue weighted by Crippen LogP contribution is 2.37. The average molecular weight is 285 g/mol. The highest BCUT2D eigenvalue weighted by atomic mass is 79.9. The first-order chi connectivity index (χ1) is 7.62. The number of ether oxygens (including phenoxy) is 1. The summed E-state index contributed by atoms with van der Waals surface area (Å²) in [5, 5.41) is 10.7. The molecule has 2 rings (SSSR count). The molecule has 1 fully saturated rings. The highest BCUT2D eigenvalue weighted by Gasteiger charge is 2.36. The van der Waals surface area contributed by atoms with Gasteiger partial charge in [0.05, 0.1) is 12.2 Å². The van der Waals surface area contributed by atoms with E-state index in [1.54, 1.807) is 0 Å². The Morgan fingerprint density at radius 3 is 2.81 bits per heavy atom. The molecule has 0 spiro atoms. The number of halogens is 1. The maximum Gasteiger partial charge on any atom is 0.0929 e. The maximum atomic E-state index is 10.7. The van der Waals surface area contributed by atoms with Crippen LogP contribution in [-0.2, 0) is 10.3 Å². The summed E-state index contributed by atoms with van der Waals surface area (Å²) in [7, 11) is 0. The van der Waals surface area contributed by atoms with Gasteiger partial charge in [0.25, 0.3) is 0 Å². The molecular formula is C13H17BrO2. The monoisotopic (exact) mass is 284 g/mol. The normalized spacial score (nSPS) is 25.1. The third-order valence-corrected chi connectivity index (χ3v) is 4.07. The van der Waals surface area contributed by atoms with Crippen molar-refractivity contribution in [2.45, 2.75) is 25.4 Å². The summed E-state index contributed by atoms with van der Waals surface area (Å²) in [6, 6.07) is 7.85. The van der Waals surface area contributed by atoms with E-state index >= 15 is 0 Å². The Balaban J connectivity index is 2.26. The molecular weight excluding hydrogens is 268 g/mol. The van der Waals surface area contributed by atoms with Crippen molar-refractivity contribution in [1.82, 2.24) is 0 Å². The predicted molar refractivity (Wildman–Crippen MR) is 67.3 cm³/mol. The lowest BCUT2D eigenvalue weighted by Gasteiger charge is -2.36. The zero-order valence-electron chi connectivity index (χ0n) is 9.45. The molecule has 2 nitrogen and oxygen atoms in total. The fraction of sp³-hybridized carbons (Fsp3) is 0.538. The number of hydrogen-bond donors (Lipinski definition) is 1. The second kappa shape index (κ2) is 4.86. The molecule has 1 heterocycles. The largest absolute Gasteiger partial charge is 0.385 e. The van der Waals surface area contributed by atoms with Crippen molar-refractivity contribution in [3.8, 4) is 0 Å². The van der Waals surface area contributed by atoms with Crippen LogP contribution in [0.1, 0.15) is 25.3 Å². The van der Waals surface area contributed by atoms with Crippen molar-refractivity contribution in [3.63, 3.8) is 0 Å². The fourth-order valence-corrected chi connectivity index (χ4v) is 2.96. The van der Waals surface area contributed by atoms with Gasteiger partial charge in [0, 0.05) is 17.0 Å². The quantitative estimate of drug-likeness (QED) is 0.904. The number of benzene rings is 1. The minimum atomic E-state index is -0.819. The Labute approximate surface area is 105 Å². The first-order valence-corrected chi connectivity index (χ1v) is 6.47. The first kappa shape index (κ1) is 12.1. The molecule has 0 bridgehead atoms. The summed E-state index contributed by atoms with van der Waals surface area (Å²) < 4.78 is 6.42. The molecule has 2 unspecified atom stereocenters. The van der Waals surface area contributed by atoms with Crippen LogP contribution in [0.5, 0.6) is 0 Å². The van der Waals surface area contributed by atoms with Crippen LogP contribution in [0.25, 0.3) is 0 Å². The molecule has 0 amide bonds. The molecule has 3 heteroatoms. The molecule has 0 radical (unpaired) electrons. The van der Waals surface area contributed by atoms with Crippen molar-refractivity contribution >= 4 is 15.9 Å². The van der Waals surface area contributed by atoms with Crippen LogP contribution in [0.15, 0.2) is 28.7 Å². The van der Waals surface area contributed by atoms with E-state index in [1.807, 2.05) is 31.2 Å². The molecule has 2 atom stereocenters. The SMILES string of the molecule is CC(O)(c1ccccc1Br)C1CCCOC1. The van der Waals surface area contributed by atoms with Crippen molar-refractivity contribution < 1.29 is 9.84 Å². The summed E-state index contributed by atoms with van der Waals surface area (Å²) in [6.07, 6.45) is 2.06. The molecule has 88 valence electrons. The van der Waals surface area contributed by atoms with Gasteiger partial charge in [-0.15, -0.1) is 0 Å². The van der Waals surface area contributed by atoms with Gasteiger partial charge in [-0.05, 0) is 31.4 Å². The lowest BCUT2D eigenvalue weighted by molar-refractivity contribution is -0.0727. The smallest absolute Gasteiger partial charge is 0.0929 e. The van der Waals surface area contributed by atoms with E-state index < -0.39 is 5.60 Å². The van der Waals surface area contributed by atoms with Crippen LogP contribution in [0.4, 0.5) is 0 Å². The van der Waals surface area contributed by atoms with Crippen LogP contribution < -0.4 is 0 Å². The molecule has 0 saturated carbocycles. The van der Waals surface area contributed by atoms with Crippen LogP contribution >= 0.6 is 15.9 Å². The molecule has 1 N–H and O–H groups in total. The second-order valence-corrected chi connectivity index (χ2v) is 5.40. The molecule has 1 aromatic rings. The highest BCUT2D eigenvalue weighted by molar-refractivity contribution is 9.10. The van der Waals surface area contributed by atoms with Gasteiger partial charge in [-0.1, -0.05) is 34.1 Å². The van der Waals surface area contributed by atoms with Gasteiger partial charge in [-0.2, -0.15) is 0 Å². The zero-order valence-corrected chi connectivity index (χ0v) is 11.0. The Hall–Kier alpha value is -0.380. The summed E-state index contributed by atoms with van der Waals surface area (Å²) >= 11 is 3.50. The minimum Gasteiger partial charge on any atom is -0.385 e. The number of hydrogen-bond acceptors (Lipinski definition) is 2. The van der Waals surface area contributed by atoms with E-state index in [-0.39, 0.29) is 5.92 Å². The molecule has 1 saturated heterocycles. The zero-order chi connectivity index (χ0) is 11.6. The van der Waals surface area contributed by atoms with Crippen molar-refractivity contribution in [2.24, 2.45) is 5.92 Å². The first-order valence-electron chi connectivity index (χ1n) is 5.67. The summed E-state index contributed by atoms with van der Waals surface area (Å²) in [5.41, 5.74) is 0.131. The summed E-state index contributed by atoms with van der Waals surface area (Å²) in [6.45, 7) is 3.35. The van der Waals surface area contributed by atoms with Crippen molar-refractivity contribution in [2.75, 3.05) is 13.2 Å². The number of aliphatic hydroxyl groups is 1. The molecule has 1 aliphatic rings. The van der Waals surface area contributed by atoms with Crippen molar-refractivity contribution in [1.29, 1.82) is 0 Å². The molecule has 0 aliphatic carbocycles. The lowest BCUT2D eigenvalue weighted by atomic mass is 9.80. The van der Waals surface area contributed by atoms with E-state index in [9.17, 15) is 5.11 Å². The van der Waals surface area contributed by atoms with Gasteiger partial charge >= 0.3 is 0 Å². The standard InChI is InChI=1S/C13H17BrO2/c1-13(15,10-5-4-8-16-9-10)11-6-2-3-7-12(11)14/h2-3,6-7,10,15H,4-5,8-9H2,1H3. The minimum absolute atomic E-state index is 0.181. The van der Waals surface area contributed by atoms with E-state index in [0.29, 0.717) is 6.61 Å². The topological polar surface area (TPSA) is 29.5 Å².